The summed E-state index contributed by atoms with van der Waals surface area (Å²) in [6.07, 6.45) is 0.0987. The van der Waals surface area contributed by atoms with E-state index in [0.29, 0.717) is 18.7 Å². The highest BCUT2D eigenvalue weighted by Crippen LogP contribution is 2.26. The molecule has 0 aliphatic carbocycles. The van der Waals surface area contributed by atoms with Gasteiger partial charge in [0, 0.05) is 25.2 Å². The number of nitro benzene ring substituents is 1. The van der Waals surface area contributed by atoms with Gasteiger partial charge in [-0.2, -0.15) is 5.26 Å². The Hall–Kier alpha value is -1.97. The van der Waals surface area contributed by atoms with Crippen molar-refractivity contribution in [1.82, 2.24) is 4.90 Å². The van der Waals surface area contributed by atoms with Gasteiger partial charge in [-0.05, 0) is 19.4 Å². The second kappa shape index (κ2) is 5.99. The summed E-state index contributed by atoms with van der Waals surface area (Å²) in [5.74, 6) is 0. The first-order chi connectivity index (χ1) is 9.51. The van der Waals surface area contributed by atoms with E-state index in [1.165, 1.54) is 12.1 Å². The van der Waals surface area contributed by atoms with Crippen molar-refractivity contribution < 1.29 is 9.66 Å². The van der Waals surface area contributed by atoms with Gasteiger partial charge in [-0.15, -0.1) is 0 Å². The fraction of sp³-hybridized carbons (Fsp3) is 0.500. The number of rotatable bonds is 3. The zero-order valence-corrected chi connectivity index (χ0v) is 11.5. The standard InChI is InChI=1S/C14H17N3O3/c1-10-8-16(9-11(2)20-10)14(7-15)12-4-3-5-13(6-12)17(18)19/h3-6,10-11,14H,8-9H2,1-2H3. The van der Waals surface area contributed by atoms with Crippen LogP contribution in [0.2, 0.25) is 0 Å². The van der Waals surface area contributed by atoms with Crippen LogP contribution >= 0.6 is 0 Å². The zero-order chi connectivity index (χ0) is 14.7. The van der Waals surface area contributed by atoms with E-state index >= 15 is 0 Å². The van der Waals surface area contributed by atoms with E-state index in [-0.39, 0.29) is 17.9 Å². The van der Waals surface area contributed by atoms with Crippen LogP contribution < -0.4 is 0 Å². The van der Waals surface area contributed by atoms with Crippen LogP contribution in [0.4, 0.5) is 5.69 Å². The zero-order valence-electron chi connectivity index (χ0n) is 11.5. The third-order valence-electron chi connectivity index (χ3n) is 3.33. The van der Waals surface area contributed by atoms with Gasteiger partial charge in [-0.1, -0.05) is 12.1 Å². The molecule has 0 saturated carbocycles. The summed E-state index contributed by atoms with van der Waals surface area (Å²) >= 11 is 0. The van der Waals surface area contributed by atoms with Crippen LogP contribution in [-0.2, 0) is 4.74 Å². The van der Waals surface area contributed by atoms with Gasteiger partial charge in [0.1, 0.15) is 6.04 Å². The topological polar surface area (TPSA) is 79.4 Å². The van der Waals surface area contributed by atoms with Gasteiger partial charge >= 0.3 is 0 Å². The van der Waals surface area contributed by atoms with Crippen LogP contribution in [0, 0.1) is 21.4 Å². The van der Waals surface area contributed by atoms with Crippen molar-refractivity contribution >= 4 is 5.69 Å². The maximum Gasteiger partial charge on any atom is 0.269 e. The third-order valence-corrected chi connectivity index (χ3v) is 3.33. The summed E-state index contributed by atoms with van der Waals surface area (Å²) in [5, 5.41) is 20.3. The lowest BCUT2D eigenvalue weighted by Crippen LogP contribution is -2.46. The minimum absolute atomic E-state index is 0.0112. The predicted octanol–water partition coefficient (Wildman–Crippen LogP) is 2.27. The van der Waals surface area contributed by atoms with Crippen molar-refractivity contribution in [3.8, 4) is 6.07 Å². The first-order valence-corrected chi connectivity index (χ1v) is 6.54. The summed E-state index contributed by atoms with van der Waals surface area (Å²) in [5.41, 5.74) is 0.667. The third kappa shape index (κ3) is 3.13. The van der Waals surface area contributed by atoms with Crippen molar-refractivity contribution in [1.29, 1.82) is 5.26 Å². The average molecular weight is 275 g/mol. The van der Waals surface area contributed by atoms with Gasteiger partial charge in [-0.3, -0.25) is 15.0 Å². The molecular formula is C14H17N3O3. The maximum absolute atomic E-state index is 10.8. The van der Waals surface area contributed by atoms with E-state index in [0.717, 1.165) is 0 Å². The van der Waals surface area contributed by atoms with Gasteiger partial charge in [0.25, 0.3) is 5.69 Å². The molecule has 1 fully saturated rings. The highest BCUT2D eigenvalue weighted by Gasteiger charge is 2.29. The van der Waals surface area contributed by atoms with Crippen LogP contribution in [0.3, 0.4) is 0 Å². The van der Waals surface area contributed by atoms with Crippen LogP contribution in [0.15, 0.2) is 24.3 Å². The lowest BCUT2D eigenvalue weighted by atomic mass is 10.0. The fourth-order valence-corrected chi connectivity index (χ4v) is 2.60. The Bertz CT molecular complexity index is 531. The quantitative estimate of drug-likeness (QED) is 0.624. The van der Waals surface area contributed by atoms with Crippen LogP contribution in [0.1, 0.15) is 25.5 Å². The lowest BCUT2D eigenvalue weighted by Gasteiger charge is -2.37. The highest BCUT2D eigenvalue weighted by atomic mass is 16.6. The Morgan fingerprint density at radius 1 is 1.45 bits per heavy atom. The summed E-state index contributed by atoms with van der Waals surface area (Å²) in [4.78, 5) is 12.4. The molecule has 6 heteroatoms. The van der Waals surface area contributed by atoms with Crippen LogP contribution in [0.5, 0.6) is 0 Å². The van der Waals surface area contributed by atoms with Gasteiger partial charge in [0.15, 0.2) is 0 Å². The number of morpholine rings is 1. The molecule has 1 heterocycles. The molecule has 106 valence electrons. The van der Waals surface area contributed by atoms with Gasteiger partial charge in [-0.25, -0.2) is 0 Å². The molecule has 0 N–H and O–H groups in total. The molecular weight excluding hydrogens is 258 g/mol. The first-order valence-electron chi connectivity index (χ1n) is 6.54. The molecule has 1 aliphatic rings. The minimum atomic E-state index is -0.483. The second-order valence-corrected chi connectivity index (χ2v) is 5.09. The molecule has 0 aromatic heterocycles. The molecule has 0 amide bonds. The summed E-state index contributed by atoms with van der Waals surface area (Å²) in [6, 6.07) is 8.04. The molecule has 1 saturated heterocycles. The largest absolute Gasteiger partial charge is 0.373 e. The van der Waals surface area contributed by atoms with Crippen molar-refractivity contribution in [2.45, 2.75) is 32.1 Å². The minimum Gasteiger partial charge on any atom is -0.373 e. The molecule has 1 aromatic carbocycles. The average Bonchev–Trinajstić information content (AvgIpc) is 2.39. The summed E-state index contributed by atoms with van der Waals surface area (Å²) < 4.78 is 5.65. The number of hydrogen-bond acceptors (Lipinski definition) is 5. The number of benzene rings is 1. The van der Waals surface area contributed by atoms with Crippen molar-refractivity contribution in [2.75, 3.05) is 13.1 Å². The van der Waals surface area contributed by atoms with Gasteiger partial charge in [0.05, 0.1) is 23.2 Å². The Labute approximate surface area is 117 Å². The molecule has 1 aliphatic heterocycles. The second-order valence-electron chi connectivity index (χ2n) is 5.09. The Morgan fingerprint density at radius 3 is 2.65 bits per heavy atom. The van der Waals surface area contributed by atoms with Gasteiger partial charge < -0.3 is 4.74 Å². The highest BCUT2D eigenvalue weighted by molar-refractivity contribution is 5.37. The fourth-order valence-electron chi connectivity index (χ4n) is 2.60. The predicted molar refractivity (Wildman–Crippen MR) is 73.0 cm³/mol. The lowest BCUT2D eigenvalue weighted by molar-refractivity contribution is -0.384. The van der Waals surface area contributed by atoms with Crippen molar-refractivity contribution in [2.24, 2.45) is 0 Å². The monoisotopic (exact) mass is 275 g/mol. The molecule has 3 atom stereocenters. The van der Waals surface area contributed by atoms with Crippen LogP contribution in [-0.4, -0.2) is 35.1 Å². The number of non-ortho nitro benzene ring substituents is 1. The molecule has 3 unspecified atom stereocenters. The number of nitriles is 1. The van der Waals surface area contributed by atoms with E-state index < -0.39 is 11.0 Å². The number of hydrogen-bond donors (Lipinski definition) is 0. The van der Waals surface area contributed by atoms with E-state index in [4.69, 9.17) is 4.74 Å². The molecule has 0 radical (unpaired) electrons. The summed E-state index contributed by atoms with van der Waals surface area (Å²) in [7, 11) is 0. The molecule has 0 spiro atoms. The van der Waals surface area contributed by atoms with Crippen molar-refractivity contribution in [3.63, 3.8) is 0 Å². The van der Waals surface area contributed by atoms with E-state index in [2.05, 4.69) is 6.07 Å². The number of ether oxygens (including phenoxy) is 1. The van der Waals surface area contributed by atoms with E-state index in [9.17, 15) is 15.4 Å². The number of nitro groups is 1. The Kier molecular flexibility index (Phi) is 4.32. The smallest absolute Gasteiger partial charge is 0.269 e. The van der Waals surface area contributed by atoms with Crippen LogP contribution in [0.25, 0.3) is 0 Å². The Morgan fingerprint density at radius 2 is 2.10 bits per heavy atom. The molecule has 0 bridgehead atoms. The molecule has 1 aromatic rings. The van der Waals surface area contributed by atoms with E-state index in [1.54, 1.807) is 12.1 Å². The molecule has 20 heavy (non-hydrogen) atoms. The van der Waals surface area contributed by atoms with Gasteiger partial charge in [0.2, 0.25) is 0 Å². The summed E-state index contributed by atoms with van der Waals surface area (Å²) in [6.45, 7) is 5.21. The maximum atomic E-state index is 10.8. The molecule has 2 rings (SSSR count). The SMILES string of the molecule is CC1CN(C(C#N)c2cccc([N+](=O)[O-])c2)CC(C)O1. The van der Waals surface area contributed by atoms with E-state index in [1.807, 2.05) is 18.7 Å². The Balaban J connectivity index is 2.26. The van der Waals surface area contributed by atoms with Crippen molar-refractivity contribution in [3.05, 3.63) is 39.9 Å². The normalized spacial score (nSPS) is 24.9. The molecule has 6 nitrogen and oxygen atoms in total. The number of nitrogens with zero attached hydrogens (tertiary/aromatic N) is 3. The first kappa shape index (κ1) is 14.4.